The Bertz CT molecular complexity index is 186. The molecule has 0 aromatic carbocycles. The molecule has 0 amide bonds. The molecule has 1 aliphatic rings. The van der Waals surface area contributed by atoms with E-state index in [0.29, 0.717) is 18.7 Å². The van der Waals surface area contributed by atoms with Gasteiger partial charge < -0.3 is 15.2 Å². The highest BCUT2D eigenvalue weighted by Crippen LogP contribution is 2.18. The lowest BCUT2D eigenvalue weighted by Crippen LogP contribution is -2.48. The highest BCUT2D eigenvalue weighted by molar-refractivity contribution is 4.83. The fourth-order valence-electron chi connectivity index (χ4n) is 1.70. The van der Waals surface area contributed by atoms with Crippen molar-refractivity contribution in [2.75, 3.05) is 13.2 Å². The lowest BCUT2D eigenvalue weighted by Gasteiger charge is -2.31. The molecule has 1 heterocycles. The molecule has 3 nitrogen and oxygen atoms in total. The van der Waals surface area contributed by atoms with Gasteiger partial charge in [0.25, 0.3) is 0 Å². The second kappa shape index (κ2) is 5.28. The third-order valence-corrected chi connectivity index (χ3v) is 3.55. The summed E-state index contributed by atoms with van der Waals surface area (Å²) in [5, 5.41) is 13.5. The van der Waals surface area contributed by atoms with Gasteiger partial charge in [-0.15, -0.1) is 0 Å². The predicted octanol–water partition coefficient (Wildman–Crippen LogP) is 1.55. The van der Waals surface area contributed by atoms with Crippen LogP contribution < -0.4 is 5.32 Å². The van der Waals surface area contributed by atoms with E-state index in [0.717, 1.165) is 19.4 Å². The lowest BCUT2D eigenvalue weighted by molar-refractivity contribution is 0.00451. The Labute approximate surface area is 93.2 Å². The Morgan fingerprint density at radius 2 is 2.13 bits per heavy atom. The molecule has 15 heavy (non-hydrogen) atoms. The molecule has 0 aromatic heterocycles. The summed E-state index contributed by atoms with van der Waals surface area (Å²) >= 11 is 0. The molecule has 3 unspecified atom stereocenters. The maximum atomic E-state index is 10.1. The van der Waals surface area contributed by atoms with Crippen molar-refractivity contribution in [1.29, 1.82) is 0 Å². The maximum Gasteiger partial charge on any atom is 0.0766 e. The van der Waals surface area contributed by atoms with E-state index in [-0.39, 0.29) is 5.92 Å². The van der Waals surface area contributed by atoms with E-state index in [1.807, 2.05) is 20.8 Å². The van der Waals surface area contributed by atoms with Gasteiger partial charge in [0.1, 0.15) is 0 Å². The number of rotatable bonds is 5. The Morgan fingerprint density at radius 3 is 2.60 bits per heavy atom. The van der Waals surface area contributed by atoms with Crippen LogP contribution in [0, 0.1) is 5.92 Å². The summed E-state index contributed by atoms with van der Waals surface area (Å²) in [5.41, 5.74) is -0.632. The first-order chi connectivity index (χ1) is 6.93. The third kappa shape index (κ3) is 3.74. The van der Waals surface area contributed by atoms with Crippen molar-refractivity contribution in [3.63, 3.8) is 0 Å². The van der Waals surface area contributed by atoms with Crippen molar-refractivity contribution >= 4 is 0 Å². The predicted molar refractivity (Wildman–Crippen MR) is 61.9 cm³/mol. The van der Waals surface area contributed by atoms with Crippen LogP contribution in [0.25, 0.3) is 0 Å². The van der Waals surface area contributed by atoms with Crippen LogP contribution in [0.1, 0.15) is 40.5 Å². The molecular formula is C12H25NO2. The Hall–Kier alpha value is -0.120. The van der Waals surface area contributed by atoms with Gasteiger partial charge in [-0.2, -0.15) is 0 Å². The molecular weight excluding hydrogens is 190 g/mol. The van der Waals surface area contributed by atoms with E-state index in [2.05, 4.69) is 12.2 Å². The van der Waals surface area contributed by atoms with E-state index in [1.165, 1.54) is 0 Å². The van der Waals surface area contributed by atoms with Crippen LogP contribution in [0.4, 0.5) is 0 Å². The second-order valence-electron chi connectivity index (χ2n) is 5.23. The molecule has 0 aromatic rings. The minimum absolute atomic E-state index is 0.265. The van der Waals surface area contributed by atoms with Crippen molar-refractivity contribution in [2.45, 2.75) is 58.3 Å². The fourth-order valence-corrected chi connectivity index (χ4v) is 1.70. The van der Waals surface area contributed by atoms with Crippen LogP contribution in [0.15, 0.2) is 0 Å². The van der Waals surface area contributed by atoms with Crippen molar-refractivity contribution in [1.82, 2.24) is 5.32 Å². The molecule has 90 valence electrons. The molecule has 3 atom stereocenters. The van der Waals surface area contributed by atoms with Gasteiger partial charge in [-0.1, -0.05) is 13.8 Å². The zero-order chi connectivity index (χ0) is 11.5. The van der Waals surface area contributed by atoms with Crippen LogP contribution in [0.3, 0.4) is 0 Å². The number of nitrogens with one attached hydrogen (secondary N) is 1. The SMILES string of the molecule is CC(NCC(C)(O)C(C)C)C1CCCO1. The van der Waals surface area contributed by atoms with Crippen molar-refractivity contribution in [2.24, 2.45) is 5.92 Å². The zero-order valence-electron chi connectivity index (χ0n) is 10.4. The van der Waals surface area contributed by atoms with E-state index in [4.69, 9.17) is 4.74 Å². The van der Waals surface area contributed by atoms with Crippen LogP contribution in [-0.2, 0) is 4.74 Å². The quantitative estimate of drug-likeness (QED) is 0.731. The van der Waals surface area contributed by atoms with E-state index >= 15 is 0 Å². The molecule has 1 saturated heterocycles. The van der Waals surface area contributed by atoms with Crippen LogP contribution in [0.5, 0.6) is 0 Å². The van der Waals surface area contributed by atoms with Crippen molar-refractivity contribution < 1.29 is 9.84 Å². The molecule has 0 spiro atoms. The topological polar surface area (TPSA) is 41.5 Å². The van der Waals surface area contributed by atoms with Gasteiger partial charge in [-0.05, 0) is 32.6 Å². The second-order valence-corrected chi connectivity index (χ2v) is 5.23. The number of ether oxygens (including phenoxy) is 1. The van der Waals surface area contributed by atoms with E-state index in [1.54, 1.807) is 0 Å². The average Bonchev–Trinajstić information content (AvgIpc) is 2.66. The highest BCUT2D eigenvalue weighted by Gasteiger charge is 2.28. The number of hydrogen-bond donors (Lipinski definition) is 2. The van der Waals surface area contributed by atoms with Gasteiger partial charge in [0.2, 0.25) is 0 Å². The summed E-state index contributed by atoms with van der Waals surface area (Å²) < 4.78 is 5.60. The van der Waals surface area contributed by atoms with Crippen LogP contribution in [-0.4, -0.2) is 36.0 Å². The monoisotopic (exact) mass is 215 g/mol. The Kier molecular flexibility index (Phi) is 4.56. The van der Waals surface area contributed by atoms with Gasteiger partial charge in [0.15, 0.2) is 0 Å². The average molecular weight is 215 g/mol. The molecule has 0 aliphatic carbocycles. The molecule has 1 rings (SSSR count). The van der Waals surface area contributed by atoms with Crippen LogP contribution in [0.2, 0.25) is 0 Å². The third-order valence-electron chi connectivity index (χ3n) is 3.55. The molecule has 1 aliphatic heterocycles. The van der Waals surface area contributed by atoms with Crippen molar-refractivity contribution in [3.8, 4) is 0 Å². The summed E-state index contributed by atoms with van der Waals surface area (Å²) in [4.78, 5) is 0. The first-order valence-electron chi connectivity index (χ1n) is 6.01. The minimum Gasteiger partial charge on any atom is -0.389 e. The Balaban J connectivity index is 2.29. The summed E-state index contributed by atoms with van der Waals surface area (Å²) in [6, 6.07) is 0.331. The number of hydrogen-bond acceptors (Lipinski definition) is 3. The molecule has 1 fully saturated rings. The normalized spacial score (nSPS) is 28.0. The minimum atomic E-state index is -0.632. The zero-order valence-corrected chi connectivity index (χ0v) is 10.4. The van der Waals surface area contributed by atoms with Gasteiger partial charge in [-0.25, -0.2) is 0 Å². The van der Waals surface area contributed by atoms with Crippen LogP contribution >= 0.6 is 0 Å². The molecule has 0 saturated carbocycles. The van der Waals surface area contributed by atoms with Gasteiger partial charge in [0.05, 0.1) is 11.7 Å². The van der Waals surface area contributed by atoms with Gasteiger partial charge in [-0.3, -0.25) is 0 Å². The molecule has 3 heteroatoms. The first-order valence-corrected chi connectivity index (χ1v) is 6.01. The van der Waals surface area contributed by atoms with E-state index in [9.17, 15) is 5.11 Å². The fraction of sp³-hybridized carbons (Fsp3) is 1.00. The summed E-state index contributed by atoms with van der Waals surface area (Å²) in [6.07, 6.45) is 2.63. The van der Waals surface area contributed by atoms with Gasteiger partial charge in [0, 0.05) is 19.2 Å². The van der Waals surface area contributed by atoms with Crippen molar-refractivity contribution in [3.05, 3.63) is 0 Å². The molecule has 0 bridgehead atoms. The Morgan fingerprint density at radius 1 is 1.47 bits per heavy atom. The summed E-state index contributed by atoms with van der Waals surface area (Å²) in [5.74, 6) is 0.265. The summed E-state index contributed by atoms with van der Waals surface area (Å²) in [6.45, 7) is 9.61. The standard InChI is InChI=1S/C12H25NO2/c1-9(2)12(4,14)8-13-10(3)11-6-5-7-15-11/h9-11,13-14H,5-8H2,1-4H3. The smallest absolute Gasteiger partial charge is 0.0766 e. The lowest BCUT2D eigenvalue weighted by atomic mass is 9.92. The molecule has 2 N–H and O–H groups in total. The first kappa shape index (κ1) is 12.9. The van der Waals surface area contributed by atoms with Gasteiger partial charge >= 0.3 is 0 Å². The molecule has 0 radical (unpaired) electrons. The maximum absolute atomic E-state index is 10.1. The number of aliphatic hydroxyl groups is 1. The summed E-state index contributed by atoms with van der Waals surface area (Å²) in [7, 11) is 0. The highest BCUT2D eigenvalue weighted by atomic mass is 16.5. The van der Waals surface area contributed by atoms with E-state index < -0.39 is 5.60 Å². The largest absolute Gasteiger partial charge is 0.389 e.